The molecular formula is C20H39BrN2. The molecule has 1 heterocycles. The van der Waals surface area contributed by atoms with E-state index in [1.807, 2.05) is 12.5 Å². The molecule has 136 valence electrons. The Hall–Kier alpha value is -0.310. The van der Waals surface area contributed by atoms with E-state index in [0.717, 1.165) is 6.54 Å². The van der Waals surface area contributed by atoms with Crippen LogP contribution in [0.4, 0.5) is 0 Å². The van der Waals surface area contributed by atoms with Crippen LogP contribution in [0.15, 0.2) is 18.7 Å². The Morgan fingerprint density at radius 1 is 0.652 bits per heavy atom. The van der Waals surface area contributed by atoms with Crippen LogP contribution in [0.5, 0.6) is 0 Å². The van der Waals surface area contributed by atoms with Gasteiger partial charge in [-0.05, 0) is 6.42 Å². The monoisotopic (exact) mass is 386 g/mol. The summed E-state index contributed by atoms with van der Waals surface area (Å²) in [5, 5.41) is 0. The molecule has 1 aromatic rings. The zero-order chi connectivity index (χ0) is 15.7. The predicted molar refractivity (Wildman–Crippen MR) is 107 cm³/mol. The first-order valence-corrected chi connectivity index (χ1v) is 9.89. The molecule has 0 saturated heterocycles. The zero-order valence-corrected chi connectivity index (χ0v) is 17.1. The molecule has 0 unspecified atom stereocenters. The maximum atomic E-state index is 4.07. The van der Waals surface area contributed by atoms with Crippen LogP contribution in [-0.4, -0.2) is 9.55 Å². The SMILES string of the molecule is Br.CCCCCCCCCCCCCCCCCn1ccnc1. The van der Waals surface area contributed by atoms with E-state index in [4.69, 9.17) is 0 Å². The third kappa shape index (κ3) is 15.0. The molecule has 0 bridgehead atoms. The quantitative estimate of drug-likeness (QED) is 0.271. The van der Waals surface area contributed by atoms with Crippen molar-refractivity contribution in [3.8, 4) is 0 Å². The van der Waals surface area contributed by atoms with Crippen LogP contribution < -0.4 is 0 Å². The van der Waals surface area contributed by atoms with E-state index in [0.29, 0.717) is 0 Å². The van der Waals surface area contributed by atoms with E-state index < -0.39 is 0 Å². The van der Waals surface area contributed by atoms with Gasteiger partial charge in [-0.2, -0.15) is 0 Å². The van der Waals surface area contributed by atoms with Gasteiger partial charge in [0.1, 0.15) is 0 Å². The van der Waals surface area contributed by atoms with Gasteiger partial charge < -0.3 is 4.57 Å². The molecule has 0 amide bonds. The standard InChI is InChI=1S/C20H38N2.BrH/c1-2-3-4-5-6-7-8-9-10-11-12-13-14-15-16-18-22-19-17-21-20-22;/h17,19-20H,2-16,18H2,1H3;1H. The summed E-state index contributed by atoms with van der Waals surface area (Å²) in [4.78, 5) is 4.07. The molecule has 0 atom stereocenters. The molecule has 0 aliphatic carbocycles. The van der Waals surface area contributed by atoms with E-state index >= 15 is 0 Å². The van der Waals surface area contributed by atoms with Crippen LogP contribution in [0.2, 0.25) is 0 Å². The largest absolute Gasteiger partial charge is 0.337 e. The lowest BCUT2D eigenvalue weighted by Crippen LogP contribution is -1.93. The number of hydrogen-bond acceptors (Lipinski definition) is 1. The van der Waals surface area contributed by atoms with E-state index in [1.54, 1.807) is 0 Å². The highest BCUT2D eigenvalue weighted by atomic mass is 79.9. The molecule has 0 spiro atoms. The fraction of sp³-hybridized carbons (Fsp3) is 0.850. The summed E-state index contributed by atoms with van der Waals surface area (Å²) in [5.74, 6) is 0. The Kier molecular flexibility index (Phi) is 17.8. The second kappa shape index (κ2) is 18.0. The van der Waals surface area contributed by atoms with Crippen LogP contribution >= 0.6 is 17.0 Å². The van der Waals surface area contributed by atoms with Gasteiger partial charge in [-0.1, -0.05) is 96.8 Å². The lowest BCUT2D eigenvalue weighted by Gasteiger charge is -2.04. The van der Waals surface area contributed by atoms with Crippen LogP contribution in [0.1, 0.15) is 103 Å². The van der Waals surface area contributed by atoms with Crippen LogP contribution in [0.25, 0.3) is 0 Å². The van der Waals surface area contributed by atoms with E-state index in [-0.39, 0.29) is 17.0 Å². The Balaban J connectivity index is 0.00000484. The average molecular weight is 387 g/mol. The van der Waals surface area contributed by atoms with Crippen molar-refractivity contribution in [2.75, 3.05) is 0 Å². The van der Waals surface area contributed by atoms with Crippen LogP contribution in [0.3, 0.4) is 0 Å². The van der Waals surface area contributed by atoms with Gasteiger partial charge in [-0.15, -0.1) is 17.0 Å². The third-order valence-corrected chi connectivity index (χ3v) is 4.58. The molecule has 0 fully saturated rings. The van der Waals surface area contributed by atoms with Crippen molar-refractivity contribution in [1.82, 2.24) is 9.55 Å². The van der Waals surface area contributed by atoms with Gasteiger partial charge in [0.05, 0.1) is 6.33 Å². The smallest absolute Gasteiger partial charge is 0.0945 e. The molecule has 0 aromatic carbocycles. The lowest BCUT2D eigenvalue weighted by molar-refractivity contribution is 0.522. The molecule has 1 aromatic heterocycles. The van der Waals surface area contributed by atoms with Crippen molar-refractivity contribution >= 4 is 17.0 Å². The number of nitrogens with zero attached hydrogens (tertiary/aromatic N) is 2. The minimum absolute atomic E-state index is 0. The van der Waals surface area contributed by atoms with E-state index in [1.165, 1.54) is 96.3 Å². The summed E-state index contributed by atoms with van der Waals surface area (Å²) in [6, 6.07) is 0. The number of halogens is 1. The van der Waals surface area contributed by atoms with Crippen molar-refractivity contribution in [3.63, 3.8) is 0 Å². The maximum Gasteiger partial charge on any atom is 0.0945 e. The minimum atomic E-state index is 0. The summed E-state index contributed by atoms with van der Waals surface area (Å²) >= 11 is 0. The Morgan fingerprint density at radius 2 is 1.09 bits per heavy atom. The first-order chi connectivity index (χ1) is 10.9. The van der Waals surface area contributed by atoms with E-state index in [2.05, 4.69) is 22.7 Å². The molecule has 0 saturated carbocycles. The topological polar surface area (TPSA) is 17.8 Å². The number of aromatic nitrogens is 2. The van der Waals surface area contributed by atoms with Crippen molar-refractivity contribution < 1.29 is 0 Å². The van der Waals surface area contributed by atoms with Crippen molar-refractivity contribution in [1.29, 1.82) is 0 Å². The zero-order valence-electron chi connectivity index (χ0n) is 15.3. The molecule has 0 N–H and O–H groups in total. The lowest BCUT2D eigenvalue weighted by atomic mass is 10.0. The first-order valence-electron chi connectivity index (χ1n) is 9.89. The van der Waals surface area contributed by atoms with Gasteiger partial charge in [0.15, 0.2) is 0 Å². The summed E-state index contributed by atoms with van der Waals surface area (Å²) in [6.07, 6.45) is 27.3. The molecule has 1 rings (SSSR count). The highest BCUT2D eigenvalue weighted by Crippen LogP contribution is 2.13. The van der Waals surface area contributed by atoms with Crippen molar-refractivity contribution in [3.05, 3.63) is 18.7 Å². The van der Waals surface area contributed by atoms with Gasteiger partial charge in [-0.25, -0.2) is 4.98 Å². The van der Waals surface area contributed by atoms with Gasteiger partial charge in [0.2, 0.25) is 0 Å². The van der Waals surface area contributed by atoms with Gasteiger partial charge >= 0.3 is 0 Å². The average Bonchev–Trinajstić information content (AvgIpc) is 3.04. The number of hydrogen-bond donors (Lipinski definition) is 0. The Bertz CT molecular complexity index is 311. The molecular weight excluding hydrogens is 348 g/mol. The second-order valence-electron chi connectivity index (χ2n) is 6.75. The van der Waals surface area contributed by atoms with Gasteiger partial charge in [0, 0.05) is 18.9 Å². The summed E-state index contributed by atoms with van der Waals surface area (Å²) in [6.45, 7) is 3.43. The number of rotatable bonds is 16. The molecule has 3 heteroatoms. The number of imidazole rings is 1. The van der Waals surface area contributed by atoms with E-state index in [9.17, 15) is 0 Å². The fourth-order valence-electron chi connectivity index (χ4n) is 3.08. The first kappa shape index (κ1) is 22.7. The number of aryl methyl sites for hydroxylation is 1. The molecule has 23 heavy (non-hydrogen) atoms. The maximum absolute atomic E-state index is 4.07. The second-order valence-corrected chi connectivity index (χ2v) is 6.75. The van der Waals surface area contributed by atoms with Crippen molar-refractivity contribution in [2.45, 2.75) is 110 Å². The van der Waals surface area contributed by atoms with Crippen molar-refractivity contribution in [2.24, 2.45) is 0 Å². The third-order valence-electron chi connectivity index (χ3n) is 4.58. The molecule has 0 aliphatic rings. The minimum Gasteiger partial charge on any atom is -0.337 e. The highest BCUT2D eigenvalue weighted by Gasteiger charge is 1.95. The molecule has 0 aliphatic heterocycles. The Labute approximate surface area is 155 Å². The van der Waals surface area contributed by atoms with Crippen LogP contribution in [-0.2, 0) is 6.54 Å². The summed E-state index contributed by atoms with van der Waals surface area (Å²) in [5.41, 5.74) is 0. The predicted octanol–water partition coefficient (Wildman–Crippen LogP) is 7.33. The number of unbranched alkanes of at least 4 members (excludes halogenated alkanes) is 14. The molecule has 2 nitrogen and oxygen atoms in total. The Morgan fingerprint density at radius 3 is 1.48 bits per heavy atom. The molecule has 0 radical (unpaired) electrons. The fourth-order valence-corrected chi connectivity index (χ4v) is 3.08. The van der Waals surface area contributed by atoms with Crippen LogP contribution in [0, 0.1) is 0 Å². The van der Waals surface area contributed by atoms with Gasteiger partial charge in [0.25, 0.3) is 0 Å². The summed E-state index contributed by atoms with van der Waals surface area (Å²) in [7, 11) is 0. The van der Waals surface area contributed by atoms with Gasteiger partial charge in [-0.3, -0.25) is 0 Å². The summed E-state index contributed by atoms with van der Waals surface area (Å²) < 4.78 is 2.18. The highest BCUT2D eigenvalue weighted by molar-refractivity contribution is 8.93. The normalized spacial score (nSPS) is 10.7.